The number of pyridine rings is 1. The van der Waals surface area contributed by atoms with Crippen LogP contribution in [0.25, 0.3) is 0 Å². The van der Waals surface area contributed by atoms with Crippen molar-refractivity contribution in [1.29, 1.82) is 0 Å². The number of thiazole rings is 1. The first kappa shape index (κ1) is 11.4. The average molecular weight is 255 g/mol. The van der Waals surface area contributed by atoms with Crippen LogP contribution in [0.4, 0.5) is 0 Å². The fraction of sp³-hybridized carbons (Fsp3) is 0.273. The van der Waals surface area contributed by atoms with Gasteiger partial charge >= 0.3 is 0 Å². The quantitative estimate of drug-likeness (QED) is 0.786. The van der Waals surface area contributed by atoms with E-state index in [9.17, 15) is 0 Å². The van der Waals surface area contributed by atoms with E-state index >= 15 is 0 Å². The molecule has 0 aromatic carbocycles. The molecule has 2 heterocycles. The van der Waals surface area contributed by atoms with Gasteiger partial charge in [-0.15, -0.1) is 22.9 Å². The van der Waals surface area contributed by atoms with Gasteiger partial charge in [0.25, 0.3) is 0 Å². The van der Waals surface area contributed by atoms with E-state index in [1.807, 2.05) is 24.4 Å². The number of hydrogen-bond donors (Lipinski definition) is 0. The molecule has 2 aromatic heterocycles. The predicted octanol–water partition coefficient (Wildman–Crippen LogP) is 3.16. The smallest absolute Gasteiger partial charge is 0.138 e. The molecule has 3 nitrogen and oxygen atoms in total. The maximum Gasteiger partial charge on any atom is 0.138 e. The van der Waals surface area contributed by atoms with Gasteiger partial charge in [-0.05, 0) is 19.1 Å². The molecule has 0 radical (unpaired) electrons. The van der Waals surface area contributed by atoms with Gasteiger partial charge in [0.05, 0.1) is 28.5 Å². The number of rotatable bonds is 4. The molecule has 0 aliphatic carbocycles. The lowest BCUT2D eigenvalue weighted by Gasteiger charge is -2.03. The van der Waals surface area contributed by atoms with E-state index < -0.39 is 0 Å². The van der Waals surface area contributed by atoms with Crippen LogP contribution in [0.15, 0.2) is 23.7 Å². The van der Waals surface area contributed by atoms with Crippen molar-refractivity contribution in [3.63, 3.8) is 0 Å². The molecule has 0 aliphatic rings. The van der Waals surface area contributed by atoms with Gasteiger partial charge in [-0.1, -0.05) is 0 Å². The number of aryl methyl sites for hydroxylation is 1. The number of nitrogens with zero attached hydrogens (tertiary/aromatic N) is 2. The molecule has 0 spiro atoms. The standard InChI is InChI=1S/C11H11ClN2OS/c1-8-14-10(7-16-8)6-15-11-3-2-9(4-12)13-5-11/h2-3,5,7H,4,6H2,1H3. The zero-order valence-electron chi connectivity index (χ0n) is 8.81. The van der Waals surface area contributed by atoms with Crippen LogP contribution in [0.3, 0.4) is 0 Å². The topological polar surface area (TPSA) is 35.0 Å². The van der Waals surface area contributed by atoms with Crippen LogP contribution in [0.1, 0.15) is 16.4 Å². The maximum atomic E-state index is 5.64. The monoisotopic (exact) mass is 254 g/mol. The third-order valence-electron chi connectivity index (χ3n) is 1.99. The van der Waals surface area contributed by atoms with Gasteiger partial charge in [0, 0.05) is 5.38 Å². The molecule has 0 saturated heterocycles. The summed E-state index contributed by atoms with van der Waals surface area (Å²) in [5, 5.41) is 3.05. The summed E-state index contributed by atoms with van der Waals surface area (Å²) in [6, 6.07) is 3.72. The zero-order valence-corrected chi connectivity index (χ0v) is 10.4. The molecule has 0 atom stereocenters. The van der Waals surface area contributed by atoms with E-state index in [1.165, 1.54) is 0 Å². The first-order valence-electron chi connectivity index (χ1n) is 4.82. The largest absolute Gasteiger partial charge is 0.486 e. The lowest BCUT2D eigenvalue weighted by atomic mass is 10.4. The van der Waals surface area contributed by atoms with Crippen LogP contribution < -0.4 is 4.74 Å². The summed E-state index contributed by atoms with van der Waals surface area (Å²) in [5.74, 6) is 1.16. The summed E-state index contributed by atoms with van der Waals surface area (Å²) in [7, 11) is 0. The van der Waals surface area contributed by atoms with Crippen LogP contribution >= 0.6 is 22.9 Å². The second-order valence-electron chi connectivity index (χ2n) is 3.27. The summed E-state index contributed by atoms with van der Waals surface area (Å²) >= 11 is 7.26. The van der Waals surface area contributed by atoms with Crippen molar-refractivity contribution >= 4 is 22.9 Å². The van der Waals surface area contributed by atoms with Crippen LogP contribution in [-0.4, -0.2) is 9.97 Å². The molecule has 2 aromatic rings. The number of hydrogen-bond acceptors (Lipinski definition) is 4. The first-order chi connectivity index (χ1) is 7.78. The van der Waals surface area contributed by atoms with Crippen LogP contribution in [0, 0.1) is 6.92 Å². The fourth-order valence-corrected chi connectivity index (χ4v) is 1.96. The Morgan fingerprint density at radius 2 is 2.25 bits per heavy atom. The normalized spacial score (nSPS) is 10.4. The van der Waals surface area contributed by atoms with Crippen molar-refractivity contribution < 1.29 is 4.74 Å². The Morgan fingerprint density at radius 1 is 1.38 bits per heavy atom. The zero-order chi connectivity index (χ0) is 11.4. The summed E-state index contributed by atoms with van der Waals surface area (Å²) in [4.78, 5) is 8.45. The minimum atomic E-state index is 0.422. The molecular weight excluding hydrogens is 244 g/mol. The molecule has 5 heteroatoms. The Bertz CT molecular complexity index is 455. The number of alkyl halides is 1. The van der Waals surface area contributed by atoms with Crippen molar-refractivity contribution in [2.75, 3.05) is 0 Å². The van der Waals surface area contributed by atoms with Gasteiger partial charge in [0.2, 0.25) is 0 Å². The molecule has 0 unspecified atom stereocenters. The van der Waals surface area contributed by atoms with Crippen molar-refractivity contribution in [2.45, 2.75) is 19.4 Å². The minimum absolute atomic E-state index is 0.422. The molecule has 0 aliphatic heterocycles. The highest BCUT2D eigenvalue weighted by molar-refractivity contribution is 7.09. The average Bonchev–Trinajstić information content (AvgIpc) is 2.73. The van der Waals surface area contributed by atoms with Gasteiger partial charge in [-0.25, -0.2) is 4.98 Å². The molecule has 0 bridgehead atoms. The van der Waals surface area contributed by atoms with Crippen molar-refractivity contribution in [1.82, 2.24) is 9.97 Å². The molecular formula is C11H11ClN2OS. The Hall–Kier alpha value is -1.13. The number of aromatic nitrogens is 2. The van der Waals surface area contributed by atoms with Crippen LogP contribution in [0.2, 0.25) is 0 Å². The van der Waals surface area contributed by atoms with E-state index in [0.717, 1.165) is 22.1 Å². The summed E-state index contributed by atoms with van der Waals surface area (Å²) in [5.41, 5.74) is 1.79. The predicted molar refractivity (Wildman–Crippen MR) is 65.0 cm³/mol. The lowest BCUT2D eigenvalue weighted by molar-refractivity contribution is 0.300. The highest BCUT2D eigenvalue weighted by Crippen LogP contribution is 2.14. The van der Waals surface area contributed by atoms with Crippen LogP contribution in [-0.2, 0) is 12.5 Å². The third kappa shape index (κ3) is 2.93. The van der Waals surface area contributed by atoms with Crippen molar-refractivity contribution in [3.8, 4) is 5.75 Å². The Morgan fingerprint density at radius 3 is 2.81 bits per heavy atom. The first-order valence-corrected chi connectivity index (χ1v) is 6.24. The second-order valence-corrected chi connectivity index (χ2v) is 4.59. The van der Waals surface area contributed by atoms with Crippen molar-refractivity contribution in [2.24, 2.45) is 0 Å². The van der Waals surface area contributed by atoms with E-state index in [-0.39, 0.29) is 0 Å². The number of ether oxygens (including phenoxy) is 1. The molecule has 0 N–H and O–H groups in total. The minimum Gasteiger partial charge on any atom is -0.486 e. The molecule has 0 saturated carbocycles. The Labute approximate surface area is 103 Å². The van der Waals surface area contributed by atoms with Crippen molar-refractivity contribution in [3.05, 3.63) is 40.1 Å². The van der Waals surface area contributed by atoms with Gasteiger partial charge in [0.1, 0.15) is 12.4 Å². The highest BCUT2D eigenvalue weighted by atomic mass is 35.5. The molecule has 16 heavy (non-hydrogen) atoms. The molecule has 0 amide bonds. The van der Waals surface area contributed by atoms with Gasteiger partial charge in [0.15, 0.2) is 0 Å². The Balaban J connectivity index is 1.94. The maximum absolute atomic E-state index is 5.64. The van der Waals surface area contributed by atoms with E-state index in [1.54, 1.807) is 17.5 Å². The van der Waals surface area contributed by atoms with Crippen LogP contribution in [0.5, 0.6) is 5.75 Å². The fourth-order valence-electron chi connectivity index (χ4n) is 1.21. The van der Waals surface area contributed by atoms with E-state index in [0.29, 0.717) is 12.5 Å². The molecule has 84 valence electrons. The third-order valence-corrected chi connectivity index (χ3v) is 3.08. The molecule has 0 fully saturated rings. The highest BCUT2D eigenvalue weighted by Gasteiger charge is 2.00. The number of halogens is 1. The van der Waals surface area contributed by atoms with E-state index in [4.69, 9.17) is 16.3 Å². The summed E-state index contributed by atoms with van der Waals surface area (Å²) < 4.78 is 5.54. The molecule has 2 rings (SSSR count). The Kier molecular flexibility index (Phi) is 3.74. The van der Waals surface area contributed by atoms with Gasteiger partial charge < -0.3 is 4.74 Å². The lowest BCUT2D eigenvalue weighted by Crippen LogP contribution is -1.96. The van der Waals surface area contributed by atoms with E-state index in [2.05, 4.69) is 9.97 Å². The van der Waals surface area contributed by atoms with Gasteiger partial charge in [-0.2, -0.15) is 0 Å². The summed E-state index contributed by atoms with van der Waals surface area (Å²) in [6.45, 7) is 2.46. The SMILES string of the molecule is Cc1nc(COc2ccc(CCl)nc2)cs1. The second kappa shape index (κ2) is 5.27. The summed E-state index contributed by atoms with van der Waals surface area (Å²) in [6.07, 6.45) is 1.68. The van der Waals surface area contributed by atoms with Gasteiger partial charge in [-0.3, -0.25) is 4.98 Å².